The first-order chi connectivity index (χ1) is 18.1. The maximum atomic E-state index is 14.1. The predicted octanol–water partition coefficient (Wildman–Crippen LogP) is 5.37. The van der Waals surface area contributed by atoms with E-state index in [1.165, 1.54) is 57.8 Å². The highest BCUT2D eigenvalue weighted by Gasteiger charge is 2.44. The number of aromatic nitrogens is 2. The topological polar surface area (TPSA) is 78.7 Å². The van der Waals surface area contributed by atoms with Gasteiger partial charge in [-0.25, -0.2) is 4.98 Å². The van der Waals surface area contributed by atoms with Gasteiger partial charge in [-0.1, -0.05) is 44.2 Å². The Morgan fingerprint density at radius 1 is 0.838 bits per heavy atom. The molecule has 6 rings (SSSR count). The smallest absolute Gasteiger partial charge is 0.303 e. The fraction of sp³-hybridized carbons (Fsp3) is 0.700. The molecule has 4 heterocycles. The van der Waals surface area contributed by atoms with E-state index < -0.39 is 5.97 Å². The molecule has 200 valence electrons. The van der Waals surface area contributed by atoms with E-state index in [4.69, 9.17) is 4.98 Å². The minimum Gasteiger partial charge on any atom is -0.481 e. The Hall–Kier alpha value is -2.41. The van der Waals surface area contributed by atoms with Crippen LogP contribution >= 0.6 is 0 Å². The fourth-order valence-corrected chi connectivity index (χ4v) is 8.03. The van der Waals surface area contributed by atoms with E-state index >= 15 is 0 Å². The number of fused-ring (bicyclic) bond motifs is 3. The first-order valence-corrected chi connectivity index (χ1v) is 14.8. The molecule has 3 aliphatic heterocycles. The van der Waals surface area contributed by atoms with Gasteiger partial charge >= 0.3 is 5.97 Å². The summed E-state index contributed by atoms with van der Waals surface area (Å²) < 4.78 is 2.10. The van der Waals surface area contributed by atoms with Gasteiger partial charge in [0.25, 0.3) is 5.56 Å². The van der Waals surface area contributed by atoms with Crippen LogP contribution in [0.5, 0.6) is 0 Å². The average Bonchev–Trinajstić information content (AvgIpc) is 3.12. The van der Waals surface area contributed by atoms with E-state index in [0.29, 0.717) is 31.0 Å². The Morgan fingerprint density at radius 3 is 2.16 bits per heavy atom. The van der Waals surface area contributed by atoms with Gasteiger partial charge < -0.3 is 14.6 Å². The number of para-hydroxylation sites is 2. The number of carboxylic acids is 1. The Morgan fingerprint density at radius 2 is 1.49 bits per heavy atom. The molecule has 1 aromatic carbocycles. The highest BCUT2D eigenvalue weighted by molar-refractivity contribution is 5.76. The Bertz CT molecular complexity index is 1150. The Kier molecular flexibility index (Phi) is 7.24. The quantitative estimate of drug-likeness (QED) is 0.588. The van der Waals surface area contributed by atoms with Crippen molar-refractivity contribution < 1.29 is 9.90 Å². The second-order valence-electron chi connectivity index (χ2n) is 12.1. The summed E-state index contributed by atoms with van der Waals surface area (Å²) in [6.07, 6.45) is 16.0. The Labute approximate surface area is 219 Å². The lowest BCUT2D eigenvalue weighted by Crippen LogP contribution is -2.50. The summed E-state index contributed by atoms with van der Waals surface area (Å²) in [6.45, 7) is 1.40. The van der Waals surface area contributed by atoms with E-state index in [1.807, 2.05) is 18.2 Å². The van der Waals surface area contributed by atoms with Crippen LogP contribution in [0.3, 0.4) is 0 Å². The molecule has 3 saturated heterocycles. The van der Waals surface area contributed by atoms with Gasteiger partial charge in [-0.2, -0.15) is 0 Å². The van der Waals surface area contributed by atoms with Crippen LogP contribution in [0.25, 0.3) is 11.0 Å². The molecule has 0 radical (unpaired) electrons. The molecule has 1 unspecified atom stereocenters. The molecule has 7 heteroatoms. The maximum Gasteiger partial charge on any atom is 0.303 e. The first-order valence-electron chi connectivity index (χ1n) is 14.8. The monoisotopic (exact) mass is 506 g/mol. The first kappa shape index (κ1) is 24.9. The molecule has 1 aliphatic carbocycles. The van der Waals surface area contributed by atoms with Crippen LogP contribution in [-0.4, -0.2) is 56.7 Å². The number of nitrogens with zero attached hydrogens (tertiary/aromatic N) is 4. The fourth-order valence-electron chi connectivity index (χ4n) is 8.03. The number of rotatable bonds is 5. The number of carbonyl (C=O) groups is 1. The lowest BCUT2D eigenvalue weighted by molar-refractivity contribution is -0.138. The summed E-state index contributed by atoms with van der Waals surface area (Å²) in [5.74, 6) is 0.0111. The van der Waals surface area contributed by atoms with Crippen molar-refractivity contribution in [3.8, 4) is 0 Å². The molecule has 1 N–H and O–H groups in total. The van der Waals surface area contributed by atoms with E-state index in [-0.39, 0.29) is 23.9 Å². The predicted molar refractivity (Wildman–Crippen MR) is 146 cm³/mol. The largest absolute Gasteiger partial charge is 0.481 e. The van der Waals surface area contributed by atoms with Crippen LogP contribution in [0.1, 0.15) is 95.9 Å². The minimum atomic E-state index is -0.731. The van der Waals surface area contributed by atoms with Gasteiger partial charge in [-0.15, -0.1) is 0 Å². The molecule has 2 aromatic rings. The Balaban J connectivity index is 1.27. The van der Waals surface area contributed by atoms with E-state index in [1.54, 1.807) is 0 Å². The van der Waals surface area contributed by atoms with Crippen molar-refractivity contribution >= 4 is 22.8 Å². The van der Waals surface area contributed by atoms with Gasteiger partial charge in [0.15, 0.2) is 5.82 Å². The normalized spacial score (nSPS) is 28.3. The van der Waals surface area contributed by atoms with Crippen LogP contribution in [0, 0.1) is 5.92 Å². The number of anilines is 1. The number of benzene rings is 1. The molecule has 7 nitrogen and oxygen atoms in total. The van der Waals surface area contributed by atoms with Crippen molar-refractivity contribution in [1.82, 2.24) is 14.5 Å². The molecule has 1 aromatic heterocycles. The number of hydrogen-bond acceptors (Lipinski definition) is 5. The third-order valence-corrected chi connectivity index (χ3v) is 9.78. The number of piperidine rings is 2. The second-order valence-corrected chi connectivity index (χ2v) is 12.1. The number of carboxylic acid groups (broad SMARTS) is 1. The van der Waals surface area contributed by atoms with Gasteiger partial charge in [0, 0.05) is 43.7 Å². The zero-order valence-electron chi connectivity index (χ0n) is 22.1. The SMILES string of the molecule is O=C(O)CC1CCN(c2nc3ccccc3n([C@H]3CC4CC[C@@H](C3)N4C3CCCCCCC3)c2=O)CC1. The third-order valence-electron chi connectivity index (χ3n) is 9.78. The zero-order valence-corrected chi connectivity index (χ0v) is 22.1. The molecule has 4 aliphatic rings. The third kappa shape index (κ3) is 5.04. The van der Waals surface area contributed by atoms with Crippen LogP contribution in [0.15, 0.2) is 29.1 Å². The summed E-state index contributed by atoms with van der Waals surface area (Å²) in [7, 11) is 0. The van der Waals surface area contributed by atoms with Crippen molar-refractivity contribution in [2.45, 2.75) is 114 Å². The lowest BCUT2D eigenvalue weighted by atomic mass is 9.89. The number of hydrogen-bond donors (Lipinski definition) is 1. The van der Waals surface area contributed by atoms with Crippen LogP contribution in [-0.2, 0) is 4.79 Å². The molecular formula is C30H42N4O3. The van der Waals surface area contributed by atoms with Crippen molar-refractivity contribution in [3.05, 3.63) is 34.6 Å². The highest BCUT2D eigenvalue weighted by Crippen LogP contribution is 2.44. The summed E-state index contributed by atoms with van der Waals surface area (Å²) >= 11 is 0. The van der Waals surface area contributed by atoms with E-state index in [0.717, 1.165) is 42.8 Å². The molecule has 1 saturated carbocycles. The average molecular weight is 507 g/mol. The summed E-state index contributed by atoms with van der Waals surface area (Å²) in [4.78, 5) is 35.1. The summed E-state index contributed by atoms with van der Waals surface area (Å²) in [5, 5.41) is 9.19. The molecule has 2 bridgehead atoms. The molecular weight excluding hydrogens is 464 g/mol. The minimum absolute atomic E-state index is 0.0409. The maximum absolute atomic E-state index is 14.1. The van der Waals surface area contributed by atoms with Crippen LogP contribution in [0.4, 0.5) is 5.82 Å². The standard InChI is InChI=1S/C30H42N4O3/c35-28(36)18-21-14-16-32(17-15-21)29-30(37)34(27-11-7-6-10-26(27)31-29)25-19-23-12-13-24(20-25)33(23)22-8-4-2-1-3-5-9-22/h6-7,10-11,21-25H,1-5,8-9,12-20H2,(H,35,36)/t23-,24?,25+/m0/s1. The van der Waals surface area contributed by atoms with Gasteiger partial charge in [0.2, 0.25) is 0 Å². The molecule has 4 fully saturated rings. The molecule has 0 amide bonds. The number of aliphatic carboxylic acids is 1. The zero-order chi connectivity index (χ0) is 25.4. The van der Waals surface area contributed by atoms with Crippen molar-refractivity contribution in [1.29, 1.82) is 0 Å². The second kappa shape index (κ2) is 10.8. The summed E-state index contributed by atoms with van der Waals surface area (Å²) in [6, 6.07) is 10.2. The van der Waals surface area contributed by atoms with Gasteiger partial charge in [-0.3, -0.25) is 14.5 Å². The van der Waals surface area contributed by atoms with E-state index in [9.17, 15) is 14.7 Å². The van der Waals surface area contributed by atoms with Crippen molar-refractivity contribution in [3.63, 3.8) is 0 Å². The van der Waals surface area contributed by atoms with Crippen LogP contribution < -0.4 is 10.5 Å². The van der Waals surface area contributed by atoms with E-state index in [2.05, 4.69) is 20.4 Å². The van der Waals surface area contributed by atoms with Crippen LogP contribution in [0.2, 0.25) is 0 Å². The summed E-state index contributed by atoms with van der Waals surface area (Å²) in [5.41, 5.74) is 1.89. The van der Waals surface area contributed by atoms with Gasteiger partial charge in [0.05, 0.1) is 11.0 Å². The van der Waals surface area contributed by atoms with Gasteiger partial charge in [-0.05, 0) is 69.4 Å². The molecule has 37 heavy (non-hydrogen) atoms. The molecule has 0 spiro atoms. The highest BCUT2D eigenvalue weighted by atomic mass is 16.4. The lowest BCUT2D eigenvalue weighted by Gasteiger charge is -2.45. The van der Waals surface area contributed by atoms with Gasteiger partial charge in [0.1, 0.15) is 0 Å². The molecule has 3 atom stereocenters. The van der Waals surface area contributed by atoms with Crippen molar-refractivity contribution in [2.24, 2.45) is 5.92 Å². The van der Waals surface area contributed by atoms with Crippen molar-refractivity contribution in [2.75, 3.05) is 18.0 Å².